The zero-order chi connectivity index (χ0) is 16.4. The third-order valence-corrected chi connectivity index (χ3v) is 4.87. The van der Waals surface area contributed by atoms with Gasteiger partial charge in [-0.3, -0.25) is 9.69 Å². The van der Waals surface area contributed by atoms with E-state index in [9.17, 15) is 9.59 Å². The first kappa shape index (κ1) is 15.8. The summed E-state index contributed by atoms with van der Waals surface area (Å²) in [7, 11) is 1.76. The second kappa shape index (κ2) is 6.60. The maximum atomic E-state index is 12.5. The Hall–Kier alpha value is -2.05. The van der Waals surface area contributed by atoms with Gasteiger partial charge in [-0.25, -0.2) is 4.79 Å². The van der Waals surface area contributed by atoms with E-state index in [1.807, 2.05) is 12.1 Å². The highest BCUT2D eigenvalue weighted by Gasteiger charge is 2.21. The van der Waals surface area contributed by atoms with Crippen LogP contribution in [0.4, 0.5) is 10.5 Å². The number of anilines is 1. The lowest BCUT2D eigenvalue weighted by Crippen LogP contribution is -2.28. The lowest BCUT2D eigenvalue weighted by atomic mass is 10.1. The van der Waals surface area contributed by atoms with E-state index in [0.717, 1.165) is 10.6 Å². The minimum absolute atomic E-state index is 0.0630. The van der Waals surface area contributed by atoms with Crippen LogP contribution in [0, 0.1) is 0 Å². The highest BCUT2D eigenvalue weighted by molar-refractivity contribution is 7.16. The van der Waals surface area contributed by atoms with Crippen molar-refractivity contribution in [2.75, 3.05) is 25.0 Å². The summed E-state index contributed by atoms with van der Waals surface area (Å²) in [6, 6.07) is 10.8. The number of carbonyl (C=O) groups excluding carboxylic acids is 2. The molecule has 2 aromatic rings. The molecule has 1 aliphatic heterocycles. The average Bonchev–Trinajstić information content (AvgIpc) is 3.15. The minimum Gasteiger partial charge on any atom is -0.337 e. The number of amides is 3. The molecule has 1 aromatic carbocycles. The number of halogens is 1. The Labute approximate surface area is 143 Å². The van der Waals surface area contributed by atoms with E-state index < -0.39 is 0 Å². The Morgan fingerprint density at radius 2 is 2.04 bits per heavy atom. The highest BCUT2D eigenvalue weighted by atomic mass is 35.5. The third-order valence-electron chi connectivity index (χ3n) is 3.65. The standard InChI is InChI=1S/C16H16ClN3O2S/c1-19(10-13-6-7-14(17)23-13)15(21)11-2-4-12(5-3-11)20-9-8-18-16(20)22/h2-7H,8-10H2,1H3,(H,18,22). The van der Waals surface area contributed by atoms with E-state index in [-0.39, 0.29) is 11.9 Å². The summed E-state index contributed by atoms with van der Waals surface area (Å²) in [6.07, 6.45) is 0. The Morgan fingerprint density at radius 3 is 2.61 bits per heavy atom. The van der Waals surface area contributed by atoms with Crippen LogP contribution in [0.15, 0.2) is 36.4 Å². The molecule has 1 aromatic heterocycles. The molecule has 0 unspecified atom stereocenters. The molecule has 0 aliphatic carbocycles. The van der Waals surface area contributed by atoms with Gasteiger partial charge in [0.25, 0.3) is 5.91 Å². The molecule has 23 heavy (non-hydrogen) atoms. The van der Waals surface area contributed by atoms with Gasteiger partial charge in [0.1, 0.15) is 0 Å². The summed E-state index contributed by atoms with van der Waals surface area (Å²) in [4.78, 5) is 28.4. The zero-order valence-electron chi connectivity index (χ0n) is 12.6. The van der Waals surface area contributed by atoms with Crippen LogP contribution in [0.25, 0.3) is 0 Å². The van der Waals surface area contributed by atoms with Crippen LogP contribution in [-0.2, 0) is 6.54 Å². The molecule has 0 atom stereocenters. The van der Waals surface area contributed by atoms with E-state index >= 15 is 0 Å². The minimum atomic E-state index is -0.101. The molecular formula is C16H16ClN3O2S. The molecule has 3 amide bonds. The fraction of sp³-hybridized carbons (Fsp3) is 0.250. The van der Waals surface area contributed by atoms with Crippen molar-refractivity contribution >= 4 is 40.6 Å². The van der Waals surface area contributed by atoms with E-state index in [1.165, 1.54) is 11.3 Å². The van der Waals surface area contributed by atoms with Gasteiger partial charge in [-0.15, -0.1) is 11.3 Å². The lowest BCUT2D eigenvalue weighted by Gasteiger charge is -2.18. The molecule has 120 valence electrons. The molecule has 0 radical (unpaired) electrons. The summed E-state index contributed by atoms with van der Waals surface area (Å²) >= 11 is 7.38. The molecule has 0 saturated carbocycles. The van der Waals surface area contributed by atoms with E-state index in [4.69, 9.17) is 11.6 Å². The van der Waals surface area contributed by atoms with Gasteiger partial charge >= 0.3 is 6.03 Å². The van der Waals surface area contributed by atoms with E-state index in [1.54, 1.807) is 41.1 Å². The van der Waals surface area contributed by atoms with Crippen molar-refractivity contribution in [2.45, 2.75) is 6.54 Å². The number of thiophene rings is 1. The van der Waals surface area contributed by atoms with Gasteiger partial charge in [-0.2, -0.15) is 0 Å². The lowest BCUT2D eigenvalue weighted by molar-refractivity contribution is 0.0786. The number of hydrogen-bond donors (Lipinski definition) is 1. The quantitative estimate of drug-likeness (QED) is 0.921. The predicted molar refractivity (Wildman–Crippen MR) is 92.3 cm³/mol. The monoisotopic (exact) mass is 349 g/mol. The van der Waals surface area contributed by atoms with Gasteiger partial charge in [0.15, 0.2) is 0 Å². The molecule has 2 heterocycles. The highest BCUT2D eigenvalue weighted by Crippen LogP contribution is 2.23. The molecule has 1 aliphatic rings. The number of benzene rings is 1. The van der Waals surface area contributed by atoms with Crippen LogP contribution in [0.3, 0.4) is 0 Å². The fourth-order valence-corrected chi connectivity index (χ4v) is 3.61. The van der Waals surface area contributed by atoms with Crippen LogP contribution in [0.1, 0.15) is 15.2 Å². The van der Waals surface area contributed by atoms with Crippen molar-refractivity contribution < 1.29 is 9.59 Å². The van der Waals surface area contributed by atoms with Crippen LogP contribution < -0.4 is 10.2 Å². The van der Waals surface area contributed by atoms with Gasteiger partial charge in [0.05, 0.1) is 10.9 Å². The van der Waals surface area contributed by atoms with Crippen molar-refractivity contribution in [1.82, 2.24) is 10.2 Å². The van der Waals surface area contributed by atoms with Crippen molar-refractivity contribution in [3.8, 4) is 0 Å². The van der Waals surface area contributed by atoms with Gasteiger partial charge < -0.3 is 10.2 Å². The number of nitrogens with zero attached hydrogens (tertiary/aromatic N) is 2. The van der Waals surface area contributed by atoms with Gasteiger partial charge in [0, 0.05) is 36.3 Å². The molecule has 3 rings (SSSR count). The van der Waals surface area contributed by atoms with Crippen LogP contribution in [0.5, 0.6) is 0 Å². The molecule has 5 nitrogen and oxygen atoms in total. The molecule has 1 saturated heterocycles. The Kier molecular flexibility index (Phi) is 4.54. The molecule has 0 bridgehead atoms. The zero-order valence-corrected chi connectivity index (χ0v) is 14.2. The third kappa shape index (κ3) is 3.48. The van der Waals surface area contributed by atoms with E-state index in [2.05, 4.69) is 5.32 Å². The predicted octanol–water partition coefficient (Wildman–Crippen LogP) is 3.20. The first-order valence-corrected chi connectivity index (χ1v) is 8.39. The molecule has 7 heteroatoms. The number of nitrogens with one attached hydrogen (secondary N) is 1. The Morgan fingerprint density at radius 1 is 1.30 bits per heavy atom. The van der Waals surface area contributed by atoms with Crippen molar-refractivity contribution in [1.29, 1.82) is 0 Å². The smallest absolute Gasteiger partial charge is 0.321 e. The molecular weight excluding hydrogens is 334 g/mol. The van der Waals surface area contributed by atoms with Gasteiger partial charge in [0.2, 0.25) is 0 Å². The van der Waals surface area contributed by atoms with Gasteiger partial charge in [-0.05, 0) is 36.4 Å². The average molecular weight is 350 g/mol. The van der Waals surface area contributed by atoms with Crippen LogP contribution >= 0.6 is 22.9 Å². The summed E-state index contributed by atoms with van der Waals surface area (Å²) < 4.78 is 0.717. The van der Waals surface area contributed by atoms with Gasteiger partial charge in [-0.1, -0.05) is 11.6 Å². The molecule has 1 N–H and O–H groups in total. The van der Waals surface area contributed by atoms with E-state index in [0.29, 0.717) is 29.5 Å². The number of hydrogen-bond acceptors (Lipinski definition) is 3. The first-order valence-electron chi connectivity index (χ1n) is 7.20. The first-order chi connectivity index (χ1) is 11.0. The fourth-order valence-electron chi connectivity index (χ4n) is 2.46. The largest absolute Gasteiger partial charge is 0.337 e. The number of carbonyl (C=O) groups is 2. The maximum absolute atomic E-state index is 12.5. The summed E-state index contributed by atoms with van der Waals surface area (Å²) in [5.41, 5.74) is 1.39. The summed E-state index contributed by atoms with van der Waals surface area (Å²) in [5.74, 6) is -0.0630. The Bertz CT molecular complexity index is 729. The maximum Gasteiger partial charge on any atom is 0.321 e. The SMILES string of the molecule is CN(Cc1ccc(Cl)s1)C(=O)c1ccc(N2CCNC2=O)cc1. The second-order valence-electron chi connectivity index (χ2n) is 5.30. The topological polar surface area (TPSA) is 52.7 Å². The van der Waals surface area contributed by atoms with Crippen molar-refractivity contribution in [2.24, 2.45) is 0 Å². The summed E-state index contributed by atoms with van der Waals surface area (Å²) in [6.45, 7) is 1.81. The second-order valence-corrected chi connectivity index (χ2v) is 7.10. The van der Waals surface area contributed by atoms with Crippen LogP contribution in [0.2, 0.25) is 4.34 Å². The summed E-state index contributed by atoms with van der Waals surface area (Å²) in [5, 5.41) is 2.76. The van der Waals surface area contributed by atoms with Crippen molar-refractivity contribution in [3.05, 3.63) is 51.2 Å². The number of rotatable bonds is 4. The molecule has 0 spiro atoms. The Balaban J connectivity index is 1.68. The normalized spacial score (nSPS) is 14.0. The molecule has 1 fully saturated rings. The van der Waals surface area contributed by atoms with Crippen molar-refractivity contribution in [3.63, 3.8) is 0 Å². The van der Waals surface area contributed by atoms with Crippen LogP contribution in [-0.4, -0.2) is 37.0 Å². The number of urea groups is 1.